The van der Waals surface area contributed by atoms with Gasteiger partial charge in [0.05, 0.1) is 11.5 Å². The Morgan fingerprint density at radius 3 is 2.85 bits per heavy atom. The van der Waals surface area contributed by atoms with Gasteiger partial charge in [0.1, 0.15) is 5.82 Å². The fraction of sp³-hybridized carbons (Fsp3) is 0.389. The van der Waals surface area contributed by atoms with Crippen molar-refractivity contribution in [3.63, 3.8) is 0 Å². The van der Waals surface area contributed by atoms with E-state index in [0.29, 0.717) is 30.9 Å². The highest BCUT2D eigenvalue weighted by molar-refractivity contribution is 7.91. The van der Waals surface area contributed by atoms with Crippen molar-refractivity contribution < 1.29 is 13.2 Å². The molecule has 3 rings (SSSR count). The molecule has 1 amide bonds. The summed E-state index contributed by atoms with van der Waals surface area (Å²) in [6.45, 7) is 2.89. The Kier molecular flexibility index (Phi) is 5.51. The van der Waals surface area contributed by atoms with Crippen LogP contribution in [-0.2, 0) is 16.4 Å². The molecule has 1 fully saturated rings. The van der Waals surface area contributed by atoms with E-state index in [1.165, 1.54) is 0 Å². The summed E-state index contributed by atoms with van der Waals surface area (Å²) >= 11 is 0. The minimum atomic E-state index is -3.04. The first-order valence-electron chi connectivity index (χ1n) is 8.59. The molecule has 2 aromatic rings. The molecule has 7 nitrogen and oxygen atoms in total. The molecular formula is C18H22N4O3S. The lowest BCUT2D eigenvalue weighted by molar-refractivity contribution is 0.0708. The Balaban J connectivity index is 1.71. The van der Waals surface area contributed by atoms with Crippen molar-refractivity contribution in [3.8, 4) is 0 Å². The predicted octanol–water partition coefficient (Wildman–Crippen LogP) is 1.74. The number of carbonyl (C=O) groups excluding carboxylic acids is 1. The highest BCUT2D eigenvalue weighted by Gasteiger charge is 2.34. The van der Waals surface area contributed by atoms with E-state index in [-0.39, 0.29) is 23.5 Å². The Hall–Kier alpha value is -2.48. The van der Waals surface area contributed by atoms with Gasteiger partial charge >= 0.3 is 0 Å². The number of hydrogen-bond acceptors (Lipinski definition) is 6. The second kappa shape index (κ2) is 7.82. The van der Waals surface area contributed by atoms with Crippen LogP contribution in [-0.4, -0.2) is 53.3 Å². The zero-order chi connectivity index (χ0) is 18.6. The Labute approximate surface area is 153 Å². The first-order valence-corrected chi connectivity index (χ1v) is 10.4. The van der Waals surface area contributed by atoms with Gasteiger partial charge in [-0.3, -0.25) is 9.78 Å². The zero-order valence-corrected chi connectivity index (χ0v) is 15.4. The van der Waals surface area contributed by atoms with E-state index in [4.69, 9.17) is 0 Å². The predicted molar refractivity (Wildman–Crippen MR) is 99.6 cm³/mol. The van der Waals surface area contributed by atoms with Crippen molar-refractivity contribution in [2.24, 2.45) is 0 Å². The van der Waals surface area contributed by atoms with Crippen molar-refractivity contribution in [2.45, 2.75) is 25.9 Å². The quantitative estimate of drug-likeness (QED) is 0.828. The summed E-state index contributed by atoms with van der Waals surface area (Å²) in [7, 11) is -3.04. The molecule has 3 heterocycles. The van der Waals surface area contributed by atoms with Gasteiger partial charge in [-0.1, -0.05) is 6.07 Å². The summed E-state index contributed by atoms with van der Waals surface area (Å²) in [5, 5.41) is 3.18. The second-order valence-corrected chi connectivity index (χ2v) is 8.52. The van der Waals surface area contributed by atoms with Gasteiger partial charge in [-0.25, -0.2) is 13.4 Å². The highest BCUT2D eigenvalue weighted by Crippen LogP contribution is 2.20. The maximum absolute atomic E-state index is 12.9. The van der Waals surface area contributed by atoms with E-state index in [2.05, 4.69) is 15.3 Å². The molecule has 1 aliphatic heterocycles. The molecule has 1 saturated heterocycles. The minimum absolute atomic E-state index is 0.0454. The van der Waals surface area contributed by atoms with Gasteiger partial charge in [0.2, 0.25) is 0 Å². The zero-order valence-electron chi connectivity index (χ0n) is 14.6. The van der Waals surface area contributed by atoms with Crippen LogP contribution in [0.1, 0.15) is 29.3 Å². The summed E-state index contributed by atoms with van der Waals surface area (Å²) in [6.07, 6.45) is 5.56. The molecule has 2 aromatic heterocycles. The minimum Gasteiger partial charge on any atom is -0.366 e. The lowest BCUT2D eigenvalue weighted by atomic mass is 10.1. The SMILES string of the molecule is CCN(C(=O)c1ccnc(NCc2cccnc2)c1)C1CCS(=O)(=O)C1. The number of carbonyl (C=O) groups is 1. The van der Waals surface area contributed by atoms with E-state index in [0.717, 1.165) is 5.56 Å². The molecule has 0 radical (unpaired) electrons. The maximum atomic E-state index is 12.9. The van der Waals surface area contributed by atoms with Gasteiger partial charge in [0.25, 0.3) is 5.91 Å². The van der Waals surface area contributed by atoms with Crippen LogP contribution in [0.4, 0.5) is 5.82 Å². The van der Waals surface area contributed by atoms with Gasteiger partial charge in [-0.05, 0) is 37.1 Å². The molecule has 0 spiro atoms. The molecule has 0 saturated carbocycles. The molecule has 1 aliphatic rings. The normalized spacial score (nSPS) is 18.4. The maximum Gasteiger partial charge on any atom is 0.254 e. The van der Waals surface area contributed by atoms with Gasteiger partial charge in [-0.15, -0.1) is 0 Å². The lowest BCUT2D eigenvalue weighted by Crippen LogP contribution is -2.41. The van der Waals surface area contributed by atoms with E-state index in [9.17, 15) is 13.2 Å². The highest BCUT2D eigenvalue weighted by atomic mass is 32.2. The number of nitrogens with one attached hydrogen (secondary N) is 1. The number of amides is 1. The molecule has 1 atom stereocenters. The van der Waals surface area contributed by atoms with E-state index < -0.39 is 9.84 Å². The van der Waals surface area contributed by atoms with Crippen LogP contribution in [0.25, 0.3) is 0 Å². The van der Waals surface area contributed by atoms with Crippen molar-refractivity contribution >= 4 is 21.6 Å². The van der Waals surface area contributed by atoms with Gasteiger partial charge < -0.3 is 10.2 Å². The monoisotopic (exact) mass is 374 g/mol. The van der Waals surface area contributed by atoms with E-state index >= 15 is 0 Å². The summed E-state index contributed by atoms with van der Waals surface area (Å²) in [5.74, 6) is 0.621. The summed E-state index contributed by atoms with van der Waals surface area (Å²) in [6, 6.07) is 6.92. The molecule has 1 unspecified atom stereocenters. The molecule has 138 valence electrons. The average molecular weight is 374 g/mol. The summed E-state index contributed by atoms with van der Waals surface area (Å²) in [5.41, 5.74) is 1.51. The van der Waals surface area contributed by atoms with Crippen LogP contribution in [0.15, 0.2) is 42.9 Å². The van der Waals surface area contributed by atoms with Gasteiger partial charge in [0.15, 0.2) is 9.84 Å². The molecule has 26 heavy (non-hydrogen) atoms. The standard InChI is InChI=1S/C18H22N4O3S/c1-2-22(16-6-9-26(24,25)13-16)18(23)15-5-8-20-17(10-15)21-12-14-4-3-7-19-11-14/h3-5,7-8,10-11,16H,2,6,9,12-13H2,1H3,(H,20,21). The van der Waals surface area contributed by atoms with Gasteiger partial charge in [-0.2, -0.15) is 0 Å². The van der Waals surface area contributed by atoms with E-state index in [1.807, 2.05) is 19.1 Å². The second-order valence-electron chi connectivity index (χ2n) is 6.29. The smallest absolute Gasteiger partial charge is 0.254 e. The van der Waals surface area contributed by atoms with Crippen LogP contribution in [0.2, 0.25) is 0 Å². The molecule has 8 heteroatoms. The number of aromatic nitrogens is 2. The van der Waals surface area contributed by atoms with Crippen molar-refractivity contribution in [1.82, 2.24) is 14.9 Å². The average Bonchev–Trinajstić information content (AvgIpc) is 3.01. The molecule has 0 aromatic carbocycles. The van der Waals surface area contributed by atoms with Crippen LogP contribution >= 0.6 is 0 Å². The van der Waals surface area contributed by atoms with E-state index in [1.54, 1.807) is 35.6 Å². The topological polar surface area (TPSA) is 92.3 Å². The third-order valence-electron chi connectivity index (χ3n) is 4.45. The molecule has 0 bridgehead atoms. The Morgan fingerprint density at radius 1 is 1.35 bits per heavy atom. The van der Waals surface area contributed by atoms with Crippen LogP contribution in [0, 0.1) is 0 Å². The van der Waals surface area contributed by atoms with Crippen molar-refractivity contribution in [2.75, 3.05) is 23.4 Å². The summed E-state index contributed by atoms with van der Waals surface area (Å²) in [4.78, 5) is 22.8. The largest absolute Gasteiger partial charge is 0.366 e. The third kappa shape index (κ3) is 4.37. The number of sulfone groups is 1. The Bertz CT molecular complexity index is 871. The molecule has 1 N–H and O–H groups in total. The molecule has 0 aliphatic carbocycles. The lowest BCUT2D eigenvalue weighted by Gasteiger charge is -2.27. The first kappa shape index (κ1) is 18.3. The fourth-order valence-electron chi connectivity index (χ4n) is 3.11. The summed E-state index contributed by atoms with van der Waals surface area (Å²) < 4.78 is 23.5. The van der Waals surface area contributed by atoms with Crippen LogP contribution in [0.5, 0.6) is 0 Å². The number of rotatable bonds is 6. The molecular weight excluding hydrogens is 352 g/mol. The number of anilines is 1. The van der Waals surface area contributed by atoms with Crippen LogP contribution in [0.3, 0.4) is 0 Å². The van der Waals surface area contributed by atoms with Crippen molar-refractivity contribution in [1.29, 1.82) is 0 Å². The van der Waals surface area contributed by atoms with Gasteiger partial charge in [0, 0.05) is 43.3 Å². The fourth-order valence-corrected chi connectivity index (χ4v) is 4.84. The number of hydrogen-bond donors (Lipinski definition) is 1. The third-order valence-corrected chi connectivity index (χ3v) is 6.20. The van der Waals surface area contributed by atoms with Crippen molar-refractivity contribution in [3.05, 3.63) is 54.0 Å². The number of pyridine rings is 2. The number of nitrogens with zero attached hydrogens (tertiary/aromatic N) is 3. The first-order chi connectivity index (χ1) is 12.5. The van der Waals surface area contributed by atoms with Crippen LogP contribution < -0.4 is 5.32 Å². The Morgan fingerprint density at radius 2 is 2.19 bits per heavy atom.